The molecule has 0 amide bonds. The van der Waals surface area contributed by atoms with Gasteiger partial charge in [0.15, 0.2) is 0 Å². The second kappa shape index (κ2) is 3.92. The molecule has 3 nitrogen and oxygen atoms in total. The standard InChI is InChI=1S/C10H16O3/c1-4-8(10(11)12)9-5-13-7(3)6(9)2/h6-7H,4-5H2,1-3H3,(H,11,12)/b9-8-. The summed E-state index contributed by atoms with van der Waals surface area (Å²) >= 11 is 0. The highest BCUT2D eigenvalue weighted by Gasteiger charge is 2.28. The van der Waals surface area contributed by atoms with Crippen molar-refractivity contribution in [3.8, 4) is 0 Å². The number of ether oxygens (including phenoxy) is 1. The Balaban J connectivity index is 2.95. The maximum atomic E-state index is 10.9. The van der Waals surface area contributed by atoms with Crippen LogP contribution in [-0.2, 0) is 9.53 Å². The number of rotatable bonds is 2. The Hall–Kier alpha value is -0.830. The lowest BCUT2D eigenvalue weighted by Gasteiger charge is -2.10. The van der Waals surface area contributed by atoms with E-state index in [9.17, 15) is 4.79 Å². The molecule has 1 aliphatic heterocycles. The number of aliphatic carboxylic acids is 1. The van der Waals surface area contributed by atoms with Crippen molar-refractivity contribution in [3.63, 3.8) is 0 Å². The first-order valence-corrected chi connectivity index (χ1v) is 4.64. The lowest BCUT2D eigenvalue weighted by molar-refractivity contribution is -0.132. The third-order valence-electron chi connectivity index (χ3n) is 2.75. The molecule has 1 heterocycles. The van der Waals surface area contributed by atoms with Gasteiger partial charge in [-0.2, -0.15) is 0 Å². The molecule has 3 heteroatoms. The molecule has 2 atom stereocenters. The number of hydrogen-bond acceptors (Lipinski definition) is 2. The molecule has 1 N–H and O–H groups in total. The van der Waals surface area contributed by atoms with Crippen molar-refractivity contribution in [1.82, 2.24) is 0 Å². The zero-order chi connectivity index (χ0) is 10.0. The van der Waals surface area contributed by atoms with Gasteiger partial charge >= 0.3 is 5.97 Å². The van der Waals surface area contributed by atoms with Gasteiger partial charge in [-0.25, -0.2) is 4.79 Å². The molecule has 1 fully saturated rings. The van der Waals surface area contributed by atoms with Gasteiger partial charge in [-0.15, -0.1) is 0 Å². The van der Waals surface area contributed by atoms with Gasteiger partial charge in [-0.1, -0.05) is 13.8 Å². The highest BCUT2D eigenvalue weighted by atomic mass is 16.5. The van der Waals surface area contributed by atoms with Crippen molar-refractivity contribution < 1.29 is 14.6 Å². The average Bonchev–Trinajstić information content (AvgIpc) is 2.37. The summed E-state index contributed by atoms with van der Waals surface area (Å²) in [5.74, 6) is -0.562. The van der Waals surface area contributed by atoms with E-state index in [4.69, 9.17) is 9.84 Å². The van der Waals surface area contributed by atoms with Crippen molar-refractivity contribution in [2.75, 3.05) is 6.61 Å². The van der Waals surface area contributed by atoms with Gasteiger partial charge in [-0.05, 0) is 18.9 Å². The lowest BCUT2D eigenvalue weighted by atomic mass is 9.94. The molecule has 0 radical (unpaired) electrons. The molecule has 13 heavy (non-hydrogen) atoms. The Morgan fingerprint density at radius 3 is 2.54 bits per heavy atom. The van der Waals surface area contributed by atoms with Crippen molar-refractivity contribution in [2.24, 2.45) is 5.92 Å². The predicted molar refractivity (Wildman–Crippen MR) is 49.5 cm³/mol. The van der Waals surface area contributed by atoms with E-state index in [-0.39, 0.29) is 12.0 Å². The van der Waals surface area contributed by atoms with Crippen LogP contribution in [0.1, 0.15) is 27.2 Å². The third kappa shape index (κ3) is 1.91. The number of hydrogen-bond donors (Lipinski definition) is 1. The first-order valence-electron chi connectivity index (χ1n) is 4.64. The van der Waals surface area contributed by atoms with E-state index >= 15 is 0 Å². The number of carboxylic acids is 1. The van der Waals surface area contributed by atoms with Crippen LogP contribution in [0.15, 0.2) is 11.1 Å². The highest BCUT2D eigenvalue weighted by molar-refractivity contribution is 5.87. The summed E-state index contributed by atoms with van der Waals surface area (Å²) in [6.45, 7) is 6.35. The lowest BCUT2D eigenvalue weighted by Crippen LogP contribution is -2.11. The molecule has 0 saturated carbocycles. The molecule has 0 aromatic rings. The number of carboxylic acid groups (broad SMARTS) is 1. The molecule has 0 aliphatic carbocycles. The normalized spacial score (nSPS) is 31.9. The van der Waals surface area contributed by atoms with E-state index in [2.05, 4.69) is 0 Å². The third-order valence-corrected chi connectivity index (χ3v) is 2.75. The fourth-order valence-corrected chi connectivity index (χ4v) is 1.66. The largest absolute Gasteiger partial charge is 0.478 e. The second-order valence-electron chi connectivity index (χ2n) is 3.47. The van der Waals surface area contributed by atoms with Crippen LogP contribution in [0.3, 0.4) is 0 Å². The molecule has 1 saturated heterocycles. The van der Waals surface area contributed by atoms with Gasteiger partial charge in [-0.3, -0.25) is 0 Å². The van der Waals surface area contributed by atoms with Crippen LogP contribution in [0, 0.1) is 5.92 Å². The van der Waals surface area contributed by atoms with Crippen LogP contribution in [0.2, 0.25) is 0 Å². The van der Waals surface area contributed by atoms with Gasteiger partial charge in [0.25, 0.3) is 0 Å². The Kier molecular flexibility index (Phi) is 3.09. The van der Waals surface area contributed by atoms with Crippen molar-refractivity contribution in [3.05, 3.63) is 11.1 Å². The first kappa shape index (κ1) is 10.3. The maximum absolute atomic E-state index is 10.9. The van der Waals surface area contributed by atoms with Crippen molar-refractivity contribution >= 4 is 5.97 Å². The zero-order valence-corrected chi connectivity index (χ0v) is 8.33. The summed E-state index contributed by atoms with van der Waals surface area (Å²) in [7, 11) is 0. The monoisotopic (exact) mass is 184 g/mol. The fourth-order valence-electron chi connectivity index (χ4n) is 1.66. The van der Waals surface area contributed by atoms with Crippen LogP contribution < -0.4 is 0 Å². The average molecular weight is 184 g/mol. The number of carbonyl (C=O) groups is 1. The minimum absolute atomic E-state index is 0.149. The molecule has 74 valence electrons. The van der Waals surface area contributed by atoms with Crippen molar-refractivity contribution in [2.45, 2.75) is 33.3 Å². The SMILES string of the molecule is CC/C(C(=O)O)=C1\COC(C)C1C. The quantitative estimate of drug-likeness (QED) is 0.666. The van der Waals surface area contributed by atoms with Gasteiger partial charge in [0.05, 0.1) is 12.7 Å². The Bertz CT molecular complexity index is 243. The van der Waals surface area contributed by atoms with Crippen molar-refractivity contribution in [1.29, 1.82) is 0 Å². The molecular weight excluding hydrogens is 168 g/mol. The maximum Gasteiger partial charge on any atom is 0.331 e. The summed E-state index contributed by atoms with van der Waals surface area (Å²) in [4.78, 5) is 10.9. The molecule has 0 bridgehead atoms. The predicted octanol–water partition coefficient (Wildman–Crippen LogP) is 1.83. The summed E-state index contributed by atoms with van der Waals surface area (Å²) in [5.41, 5.74) is 1.49. The highest BCUT2D eigenvalue weighted by Crippen LogP contribution is 2.29. The molecule has 1 rings (SSSR count). The van der Waals surface area contributed by atoms with E-state index in [0.717, 1.165) is 5.57 Å². The molecule has 0 aromatic heterocycles. The van der Waals surface area contributed by atoms with Gasteiger partial charge in [0.1, 0.15) is 0 Å². The van der Waals surface area contributed by atoms with Crippen LogP contribution >= 0.6 is 0 Å². The Labute approximate surface area is 78.4 Å². The minimum Gasteiger partial charge on any atom is -0.478 e. The summed E-state index contributed by atoms with van der Waals surface area (Å²) < 4.78 is 5.39. The van der Waals surface area contributed by atoms with E-state index in [1.165, 1.54) is 0 Å². The van der Waals surface area contributed by atoms with E-state index < -0.39 is 5.97 Å². The van der Waals surface area contributed by atoms with E-state index in [0.29, 0.717) is 18.6 Å². The molecule has 2 unspecified atom stereocenters. The second-order valence-corrected chi connectivity index (χ2v) is 3.47. The summed E-state index contributed by atoms with van der Waals surface area (Å²) in [5, 5.41) is 8.92. The van der Waals surface area contributed by atoms with E-state index in [1.807, 2.05) is 20.8 Å². The van der Waals surface area contributed by atoms with Crippen LogP contribution in [0.25, 0.3) is 0 Å². The van der Waals surface area contributed by atoms with Gasteiger partial charge < -0.3 is 9.84 Å². The van der Waals surface area contributed by atoms with Crippen LogP contribution in [-0.4, -0.2) is 23.8 Å². The Morgan fingerprint density at radius 2 is 2.23 bits per heavy atom. The summed E-state index contributed by atoms with van der Waals surface area (Å²) in [6, 6.07) is 0. The van der Waals surface area contributed by atoms with E-state index in [1.54, 1.807) is 0 Å². The minimum atomic E-state index is -0.804. The molecule has 0 aromatic carbocycles. The van der Waals surface area contributed by atoms with Gasteiger partial charge in [0.2, 0.25) is 0 Å². The molecule has 1 aliphatic rings. The van der Waals surface area contributed by atoms with Crippen LogP contribution in [0.5, 0.6) is 0 Å². The zero-order valence-electron chi connectivity index (χ0n) is 8.33. The van der Waals surface area contributed by atoms with Crippen LogP contribution in [0.4, 0.5) is 0 Å². The first-order chi connectivity index (χ1) is 6.07. The molecule has 0 spiro atoms. The topological polar surface area (TPSA) is 46.5 Å². The molecular formula is C10H16O3. The smallest absolute Gasteiger partial charge is 0.331 e. The Morgan fingerprint density at radius 1 is 1.62 bits per heavy atom. The van der Waals surface area contributed by atoms with Gasteiger partial charge in [0, 0.05) is 11.5 Å². The summed E-state index contributed by atoms with van der Waals surface area (Å²) in [6.07, 6.45) is 0.723. The fraction of sp³-hybridized carbons (Fsp3) is 0.700.